The predicted octanol–water partition coefficient (Wildman–Crippen LogP) is 3.67. The minimum atomic E-state index is -0.134. The van der Waals surface area contributed by atoms with Crippen LogP contribution in [0.4, 0.5) is 0 Å². The summed E-state index contributed by atoms with van der Waals surface area (Å²) in [7, 11) is 0. The fourth-order valence-electron chi connectivity index (χ4n) is 2.12. The van der Waals surface area contributed by atoms with Crippen LogP contribution >= 0.6 is 0 Å². The molecule has 0 amide bonds. The summed E-state index contributed by atoms with van der Waals surface area (Å²) in [5.41, 5.74) is 2.37. The van der Waals surface area contributed by atoms with E-state index < -0.39 is 0 Å². The molecule has 2 aromatic rings. The van der Waals surface area contributed by atoms with Gasteiger partial charge in [-0.1, -0.05) is 67.6 Å². The number of hydrogen-bond acceptors (Lipinski definition) is 2. The lowest BCUT2D eigenvalue weighted by Gasteiger charge is -2.22. The first-order valence-electron chi connectivity index (χ1n) is 6.60. The van der Waals surface area contributed by atoms with E-state index in [1.807, 2.05) is 43.3 Å². The smallest absolute Gasteiger partial charge is 0.0957 e. The number of rotatable bonds is 5. The Morgan fingerprint density at radius 1 is 0.947 bits per heavy atom. The van der Waals surface area contributed by atoms with E-state index in [4.69, 9.17) is 5.26 Å². The fraction of sp³-hybridized carbons (Fsp3) is 0.235. The number of benzene rings is 2. The highest BCUT2D eigenvalue weighted by Crippen LogP contribution is 2.22. The molecule has 0 fully saturated rings. The molecule has 2 nitrogen and oxygen atoms in total. The first kappa shape index (κ1) is 13.3. The fourth-order valence-corrected chi connectivity index (χ4v) is 2.12. The molecule has 2 rings (SSSR count). The zero-order chi connectivity index (χ0) is 13.5. The van der Waals surface area contributed by atoms with Crippen LogP contribution in [0.5, 0.6) is 0 Å². The first-order valence-corrected chi connectivity index (χ1v) is 6.60. The third-order valence-corrected chi connectivity index (χ3v) is 3.20. The van der Waals surface area contributed by atoms with Crippen molar-refractivity contribution in [3.8, 4) is 6.07 Å². The van der Waals surface area contributed by atoms with Gasteiger partial charge in [0.2, 0.25) is 0 Å². The molecule has 96 valence electrons. The van der Waals surface area contributed by atoms with Crippen LogP contribution in [-0.4, -0.2) is 6.04 Å². The molecule has 1 unspecified atom stereocenters. The summed E-state index contributed by atoms with van der Waals surface area (Å²) < 4.78 is 0. The van der Waals surface area contributed by atoms with Gasteiger partial charge in [0.1, 0.15) is 0 Å². The van der Waals surface area contributed by atoms with Crippen molar-refractivity contribution in [2.24, 2.45) is 0 Å². The van der Waals surface area contributed by atoms with E-state index in [1.54, 1.807) is 0 Å². The van der Waals surface area contributed by atoms with Gasteiger partial charge in [-0.2, -0.15) is 5.26 Å². The standard InChI is InChI=1S/C17H18N2/c1-2-16(13-18)19-17(14-9-5-3-6-10-14)15-11-7-4-8-12-15/h3-12,16-17,19H,2H2,1H3. The van der Waals surface area contributed by atoms with Crippen LogP contribution in [-0.2, 0) is 0 Å². The molecular weight excluding hydrogens is 232 g/mol. The van der Waals surface area contributed by atoms with Crippen LogP contribution in [0.3, 0.4) is 0 Å². The van der Waals surface area contributed by atoms with Crippen LogP contribution < -0.4 is 5.32 Å². The van der Waals surface area contributed by atoms with Crippen LogP contribution in [0.1, 0.15) is 30.5 Å². The van der Waals surface area contributed by atoms with Crippen molar-refractivity contribution in [1.29, 1.82) is 5.26 Å². The van der Waals surface area contributed by atoms with Crippen LogP contribution in [0.25, 0.3) is 0 Å². The highest BCUT2D eigenvalue weighted by Gasteiger charge is 2.16. The highest BCUT2D eigenvalue weighted by molar-refractivity contribution is 5.32. The van der Waals surface area contributed by atoms with Gasteiger partial charge in [0.05, 0.1) is 18.2 Å². The predicted molar refractivity (Wildman–Crippen MR) is 77.6 cm³/mol. The second-order valence-electron chi connectivity index (χ2n) is 4.51. The SMILES string of the molecule is CCC(C#N)NC(c1ccccc1)c1ccccc1. The topological polar surface area (TPSA) is 35.8 Å². The van der Waals surface area contributed by atoms with Gasteiger partial charge in [0, 0.05) is 0 Å². The zero-order valence-electron chi connectivity index (χ0n) is 11.1. The van der Waals surface area contributed by atoms with Crippen molar-refractivity contribution in [1.82, 2.24) is 5.32 Å². The van der Waals surface area contributed by atoms with Crippen molar-refractivity contribution in [3.05, 3.63) is 71.8 Å². The number of nitrogens with zero attached hydrogens (tertiary/aromatic N) is 1. The molecular formula is C17H18N2. The van der Waals surface area contributed by atoms with E-state index in [9.17, 15) is 0 Å². The maximum Gasteiger partial charge on any atom is 0.0957 e. The third kappa shape index (κ3) is 3.43. The van der Waals surface area contributed by atoms with Crippen molar-refractivity contribution in [3.63, 3.8) is 0 Å². The normalized spacial score (nSPS) is 12.1. The van der Waals surface area contributed by atoms with Crippen molar-refractivity contribution in [2.75, 3.05) is 0 Å². The second-order valence-corrected chi connectivity index (χ2v) is 4.51. The van der Waals surface area contributed by atoms with Gasteiger partial charge in [-0.15, -0.1) is 0 Å². The molecule has 1 N–H and O–H groups in total. The van der Waals surface area contributed by atoms with Crippen LogP contribution in [0.15, 0.2) is 60.7 Å². The monoisotopic (exact) mass is 250 g/mol. The Labute approximate surface area is 114 Å². The molecule has 0 saturated heterocycles. The molecule has 0 aromatic heterocycles. The first-order chi connectivity index (χ1) is 9.35. The molecule has 2 aromatic carbocycles. The van der Waals surface area contributed by atoms with E-state index in [-0.39, 0.29) is 12.1 Å². The van der Waals surface area contributed by atoms with Gasteiger partial charge in [0.15, 0.2) is 0 Å². The maximum atomic E-state index is 9.16. The quantitative estimate of drug-likeness (QED) is 0.879. The molecule has 0 spiro atoms. The summed E-state index contributed by atoms with van der Waals surface area (Å²) in [4.78, 5) is 0. The van der Waals surface area contributed by atoms with Crippen LogP contribution in [0, 0.1) is 11.3 Å². The number of hydrogen-bond donors (Lipinski definition) is 1. The largest absolute Gasteiger partial charge is 0.291 e. The van der Waals surface area contributed by atoms with Gasteiger partial charge in [-0.3, -0.25) is 5.32 Å². The van der Waals surface area contributed by atoms with Crippen molar-refractivity contribution < 1.29 is 0 Å². The molecule has 1 atom stereocenters. The third-order valence-electron chi connectivity index (χ3n) is 3.20. The molecule has 0 radical (unpaired) electrons. The van der Waals surface area contributed by atoms with Gasteiger partial charge < -0.3 is 0 Å². The summed E-state index contributed by atoms with van der Waals surface area (Å²) in [6.45, 7) is 2.02. The molecule has 0 aliphatic carbocycles. The van der Waals surface area contributed by atoms with Crippen molar-refractivity contribution >= 4 is 0 Å². The summed E-state index contributed by atoms with van der Waals surface area (Å²) in [5, 5.41) is 12.6. The number of nitriles is 1. The number of nitrogens with one attached hydrogen (secondary N) is 1. The average molecular weight is 250 g/mol. The van der Waals surface area contributed by atoms with E-state index >= 15 is 0 Å². The molecule has 0 bridgehead atoms. The summed E-state index contributed by atoms with van der Waals surface area (Å²) in [5.74, 6) is 0. The van der Waals surface area contributed by atoms with Crippen molar-refractivity contribution in [2.45, 2.75) is 25.4 Å². The summed E-state index contributed by atoms with van der Waals surface area (Å²) in [6.07, 6.45) is 0.798. The lowest BCUT2D eigenvalue weighted by Crippen LogP contribution is -2.31. The Balaban J connectivity index is 2.32. The van der Waals surface area contributed by atoms with Gasteiger partial charge in [-0.05, 0) is 17.5 Å². The van der Waals surface area contributed by atoms with Crippen LogP contribution in [0.2, 0.25) is 0 Å². The Bertz CT molecular complexity index is 489. The lowest BCUT2D eigenvalue weighted by atomic mass is 9.97. The molecule has 0 heterocycles. The molecule has 0 aliphatic rings. The average Bonchev–Trinajstić information content (AvgIpc) is 2.50. The molecule has 0 saturated carbocycles. The van der Waals surface area contributed by atoms with Gasteiger partial charge >= 0.3 is 0 Å². The Morgan fingerprint density at radius 2 is 1.42 bits per heavy atom. The summed E-state index contributed by atoms with van der Waals surface area (Å²) >= 11 is 0. The molecule has 0 aliphatic heterocycles. The van der Waals surface area contributed by atoms with Gasteiger partial charge in [-0.25, -0.2) is 0 Å². The van der Waals surface area contributed by atoms with E-state index in [0.29, 0.717) is 0 Å². The second kappa shape index (κ2) is 6.72. The lowest BCUT2D eigenvalue weighted by molar-refractivity contribution is 0.530. The highest BCUT2D eigenvalue weighted by atomic mass is 14.9. The van der Waals surface area contributed by atoms with E-state index in [2.05, 4.69) is 35.7 Å². The Kier molecular flexibility index (Phi) is 4.72. The maximum absolute atomic E-state index is 9.16. The molecule has 2 heteroatoms. The Hall–Kier alpha value is -2.11. The minimum absolute atomic E-state index is 0.0620. The van der Waals surface area contributed by atoms with Gasteiger partial charge in [0.25, 0.3) is 0 Å². The van der Waals surface area contributed by atoms with E-state index in [1.165, 1.54) is 11.1 Å². The van der Waals surface area contributed by atoms with E-state index in [0.717, 1.165) is 6.42 Å². The summed E-state index contributed by atoms with van der Waals surface area (Å²) in [6, 6.07) is 22.7. The molecule has 19 heavy (non-hydrogen) atoms. The Morgan fingerprint density at radius 3 is 1.79 bits per heavy atom. The minimum Gasteiger partial charge on any atom is -0.291 e. The zero-order valence-corrected chi connectivity index (χ0v) is 11.1.